The molecule has 5 aromatic rings. The van der Waals surface area contributed by atoms with Crippen molar-refractivity contribution in [3.63, 3.8) is 0 Å². The van der Waals surface area contributed by atoms with Crippen LogP contribution in [-0.2, 0) is 24.9 Å². The van der Waals surface area contributed by atoms with Gasteiger partial charge in [0.2, 0.25) is 0 Å². The van der Waals surface area contributed by atoms with Gasteiger partial charge in [0.15, 0.2) is 5.78 Å². The molecule has 0 saturated heterocycles. The molecule has 1 heterocycles. The molecule has 42 heavy (non-hydrogen) atoms. The van der Waals surface area contributed by atoms with Crippen molar-refractivity contribution in [1.29, 1.82) is 0 Å². The van der Waals surface area contributed by atoms with Gasteiger partial charge < -0.3 is 5.11 Å². The Morgan fingerprint density at radius 2 is 1.52 bits per heavy atom. The van der Waals surface area contributed by atoms with Crippen molar-refractivity contribution in [1.82, 2.24) is 4.98 Å². The van der Waals surface area contributed by atoms with Crippen LogP contribution in [0.2, 0.25) is 0 Å². The molecular formula is C37H39FIrNO2-. The Morgan fingerprint density at radius 1 is 0.857 bits per heavy atom. The molecule has 0 fully saturated rings. The molecule has 1 N–H and O–H groups in total. The number of hydrogen-bond acceptors (Lipinski definition) is 3. The number of hydrogen-bond donors (Lipinski definition) is 1. The Kier molecular flexibility index (Phi) is 12.0. The number of aliphatic hydroxyl groups excluding tert-OH is 1. The summed E-state index contributed by atoms with van der Waals surface area (Å²) in [6.07, 6.45) is 6.70. The summed E-state index contributed by atoms with van der Waals surface area (Å²) in [4.78, 5) is 16.3. The number of nitrogens with zero attached hydrogens (tertiary/aromatic N) is 1. The van der Waals surface area contributed by atoms with Crippen molar-refractivity contribution < 1.29 is 34.4 Å². The predicted molar refractivity (Wildman–Crippen MR) is 170 cm³/mol. The van der Waals surface area contributed by atoms with Crippen LogP contribution in [-0.4, -0.2) is 15.9 Å². The van der Waals surface area contributed by atoms with Crippen molar-refractivity contribution in [3.05, 3.63) is 102 Å². The van der Waals surface area contributed by atoms with Crippen LogP contribution in [0.5, 0.6) is 0 Å². The molecule has 0 aliphatic rings. The first kappa shape index (κ1) is 33.1. The zero-order chi connectivity index (χ0) is 29.5. The zero-order valence-electron chi connectivity index (χ0n) is 25.0. The number of pyridine rings is 1. The molecule has 0 spiro atoms. The van der Waals surface area contributed by atoms with Crippen LogP contribution in [0.4, 0.5) is 4.39 Å². The minimum Gasteiger partial charge on any atom is -0.512 e. The molecule has 1 radical (unpaired) electrons. The Labute approximate surface area is 262 Å². The summed E-state index contributed by atoms with van der Waals surface area (Å²) < 4.78 is 13.8. The molecule has 0 aliphatic heterocycles. The average molecular weight is 741 g/mol. The monoisotopic (exact) mass is 741 g/mol. The van der Waals surface area contributed by atoms with E-state index in [0.29, 0.717) is 0 Å². The van der Waals surface area contributed by atoms with Crippen LogP contribution in [0.3, 0.4) is 0 Å². The van der Waals surface area contributed by atoms with Crippen LogP contribution in [0.15, 0.2) is 84.8 Å². The molecule has 0 aliphatic carbocycles. The molecular weight excluding hydrogens is 702 g/mol. The zero-order valence-corrected chi connectivity index (χ0v) is 27.4. The molecule has 5 heteroatoms. The smallest absolute Gasteiger partial charge is 0.162 e. The first-order valence-electron chi connectivity index (χ1n) is 14.6. The maximum Gasteiger partial charge on any atom is 0.162 e. The van der Waals surface area contributed by atoms with E-state index in [9.17, 15) is 14.3 Å². The normalized spacial score (nSPS) is 11.6. The van der Waals surface area contributed by atoms with E-state index in [2.05, 4.69) is 42.2 Å². The first-order valence-corrected chi connectivity index (χ1v) is 14.6. The van der Waals surface area contributed by atoms with Gasteiger partial charge in [0.05, 0.1) is 5.76 Å². The van der Waals surface area contributed by atoms with Gasteiger partial charge in [0, 0.05) is 49.9 Å². The van der Waals surface area contributed by atoms with Gasteiger partial charge >= 0.3 is 0 Å². The molecule has 0 unspecified atom stereocenters. The van der Waals surface area contributed by atoms with Gasteiger partial charge in [0.1, 0.15) is 5.82 Å². The number of ketones is 1. The maximum atomic E-state index is 13.8. The number of allylic oxidation sites excluding steroid dienone is 2. The molecule has 1 aromatic heterocycles. The summed E-state index contributed by atoms with van der Waals surface area (Å²) in [5, 5.41) is 16.0. The van der Waals surface area contributed by atoms with E-state index in [-0.39, 0.29) is 49.3 Å². The number of fused-ring (bicyclic) bond motifs is 4. The molecule has 4 aromatic carbocycles. The standard InChI is InChI=1S/C24H15FN.C13H24O2.Ir/c1-15-12-18(13-17-4-2-3-5-20(15)17)24-22-9-7-16-6-8-19(25)14-23(16)21(22)10-11-26-24;1-5-10(6-2)12(14)9-13(15)11(7-3)8-4;/h2-12,14H,1H3;9-11,14H,5-8H2,1-4H3;/q-1;;/b;12-9-;. The van der Waals surface area contributed by atoms with Gasteiger partial charge in [0.25, 0.3) is 0 Å². The van der Waals surface area contributed by atoms with Crippen LogP contribution in [0.1, 0.15) is 58.9 Å². The molecule has 221 valence electrons. The topological polar surface area (TPSA) is 50.2 Å². The van der Waals surface area contributed by atoms with Crippen molar-refractivity contribution in [2.24, 2.45) is 11.8 Å². The average Bonchev–Trinajstić information content (AvgIpc) is 2.98. The van der Waals surface area contributed by atoms with Crippen LogP contribution >= 0.6 is 0 Å². The summed E-state index contributed by atoms with van der Waals surface area (Å²) in [6, 6.07) is 24.8. The third kappa shape index (κ3) is 7.32. The van der Waals surface area contributed by atoms with E-state index in [1.165, 1.54) is 23.1 Å². The summed E-state index contributed by atoms with van der Waals surface area (Å²) in [5.74, 6) is 0.322. The van der Waals surface area contributed by atoms with E-state index in [4.69, 9.17) is 0 Å². The van der Waals surface area contributed by atoms with Crippen LogP contribution in [0, 0.1) is 30.6 Å². The Hall–Kier alpha value is -3.40. The number of aromatic nitrogens is 1. The fraction of sp³-hybridized carbons (Fsp3) is 0.297. The second kappa shape index (κ2) is 15.2. The van der Waals surface area contributed by atoms with E-state index in [1.807, 2.05) is 58.0 Å². The number of carbonyl (C=O) groups is 1. The molecule has 3 nitrogen and oxygen atoms in total. The van der Waals surface area contributed by atoms with E-state index >= 15 is 0 Å². The molecule has 5 rings (SSSR count). The third-order valence-corrected chi connectivity index (χ3v) is 8.04. The van der Waals surface area contributed by atoms with Gasteiger partial charge in [-0.15, -0.1) is 29.1 Å². The molecule has 0 amide bonds. The number of carbonyl (C=O) groups excluding carboxylic acids is 1. The quantitative estimate of drug-likeness (QED) is 0.0746. The summed E-state index contributed by atoms with van der Waals surface area (Å²) in [5.41, 5.74) is 3.03. The SMILES string of the molecule is CCC(CC)C(=O)/C=C(\O)C(CC)CC.Cc1cc(-c2nccc3c2ccc2ccc(F)cc23)[c-]c2ccccc12.[Ir]. The van der Waals surface area contributed by atoms with Crippen LogP contribution in [0.25, 0.3) is 43.6 Å². The van der Waals surface area contributed by atoms with E-state index in [1.54, 1.807) is 12.3 Å². The Morgan fingerprint density at radius 3 is 2.21 bits per heavy atom. The fourth-order valence-corrected chi connectivity index (χ4v) is 5.49. The third-order valence-electron chi connectivity index (χ3n) is 8.04. The molecule has 0 bridgehead atoms. The summed E-state index contributed by atoms with van der Waals surface area (Å²) >= 11 is 0. The van der Waals surface area contributed by atoms with Crippen LogP contribution < -0.4 is 0 Å². The first-order chi connectivity index (χ1) is 19.8. The van der Waals surface area contributed by atoms with Gasteiger partial charge in [-0.2, -0.15) is 0 Å². The number of halogens is 1. The number of aliphatic hydroxyl groups is 1. The maximum absolute atomic E-state index is 13.8. The van der Waals surface area contributed by atoms with Crippen molar-refractivity contribution in [2.75, 3.05) is 0 Å². The van der Waals surface area contributed by atoms with Crippen molar-refractivity contribution in [3.8, 4) is 11.3 Å². The number of aryl methyl sites for hydroxylation is 1. The summed E-state index contributed by atoms with van der Waals surface area (Å²) in [6.45, 7) is 10.2. The molecule has 0 atom stereocenters. The van der Waals surface area contributed by atoms with Crippen molar-refractivity contribution >= 4 is 38.1 Å². The summed E-state index contributed by atoms with van der Waals surface area (Å²) in [7, 11) is 0. The van der Waals surface area contributed by atoms with Gasteiger partial charge in [-0.05, 0) is 65.4 Å². The Balaban J connectivity index is 0.000000263. The van der Waals surface area contributed by atoms with E-state index < -0.39 is 0 Å². The largest absolute Gasteiger partial charge is 0.512 e. The van der Waals surface area contributed by atoms with Gasteiger partial charge in [-0.25, -0.2) is 4.39 Å². The predicted octanol–water partition coefficient (Wildman–Crippen LogP) is 10.3. The van der Waals surface area contributed by atoms with E-state index in [0.717, 1.165) is 63.9 Å². The Bertz CT molecular complexity index is 1700. The minimum atomic E-state index is -0.225. The van der Waals surface area contributed by atoms with Gasteiger partial charge in [-0.3, -0.25) is 9.78 Å². The number of rotatable bonds is 8. The second-order valence-corrected chi connectivity index (χ2v) is 10.6. The number of benzene rings is 4. The fourth-order valence-electron chi connectivity index (χ4n) is 5.49. The second-order valence-electron chi connectivity index (χ2n) is 10.6. The van der Waals surface area contributed by atoms with Crippen molar-refractivity contribution in [2.45, 2.75) is 60.3 Å². The molecule has 0 saturated carbocycles. The van der Waals surface area contributed by atoms with Gasteiger partial charge in [-0.1, -0.05) is 82.0 Å². The minimum absolute atomic E-state index is 0.